The summed E-state index contributed by atoms with van der Waals surface area (Å²) in [5, 5.41) is 10.3. The lowest BCUT2D eigenvalue weighted by Gasteiger charge is -2.15. The lowest BCUT2D eigenvalue weighted by Crippen LogP contribution is -2.04. The van der Waals surface area contributed by atoms with Gasteiger partial charge in [0.15, 0.2) is 0 Å². The summed E-state index contributed by atoms with van der Waals surface area (Å²) in [6.45, 7) is 3.85. The molecule has 2 rings (SSSR count). The van der Waals surface area contributed by atoms with Crippen molar-refractivity contribution in [2.24, 2.45) is 0 Å². The first-order chi connectivity index (χ1) is 9.51. The van der Waals surface area contributed by atoms with E-state index in [9.17, 15) is 9.50 Å². The second kappa shape index (κ2) is 6.06. The molecule has 0 aliphatic heterocycles. The van der Waals surface area contributed by atoms with Gasteiger partial charge in [-0.15, -0.1) is 0 Å². The fourth-order valence-corrected chi connectivity index (χ4v) is 2.30. The summed E-state index contributed by atoms with van der Waals surface area (Å²) >= 11 is 0. The molecule has 20 heavy (non-hydrogen) atoms. The summed E-state index contributed by atoms with van der Waals surface area (Å²) in [7, 11) is 1.62. The molecule has 1 N–H and O–H groups in total. The number of aliphatic hydroxyl groups is 1. The van der Waals surface area contributed by atoms with Crippen LogP contribution in [-0.4, -0.2) is 12.2 Å². The molecular weight excluding hydrogens is 255 g/mol. The van der Waals surface area contributed by atoms with Gasteiger partial charge in [-0.25, -0.2) is 4.39 Å². The molecule has 2 aromatic carbocycles. The Morgan fingerprint density at radius 2 is 1.85 bits per heavy atom. The minimum atomic E-state index is -0.653. The first-order valence-corrected chi connectivity index (χ1v) is 6.59. The molecule has 1 atom stereocenters. The van der Waals surface area contributed by atoms with Gasteiger partial charge in [-0.3, -0.25) is 0 Å². The Balaban J connectivity index is 2.21. The van der Waals surface area contributed by atoms with Gasteiger partial charge in [-0.1, -0.05) is 12.1 Å². The van der Waals surface area contributed by atoms with Gasteiger partial charge in [0, 0.05) is 6.42 Å². The smallest absolute Gasteiger partial charge is 0.123 e. The lowest BCUT2D eigenvalue weighted by atomic mass is 9.97. The fourth-order valence-electron chi connectivity index (χ4n) is 2.30. The van der Waals surface area contributed by atoms with E-state index in [0.717, 1.165) is 28.0 Å². The summed E-state index contributed by atoms with van der Waals surface area (Å²) in [6, 6.07) is 10.2. The quantitative estimate of drug-likeness (QED) is 0.920. The van der Waals surface area contributed by atoms with Crippen molar-refractivity contribution in [3.05, 3.63) is 64.5 Å². The van der Waals surface area contributed by atoms with Gasteiger partial charge < -0.3 is 9.84 Å². The monoisotopic (exact) mass is 274 g/mol. The van der Waals surface area contributed by atoms with Gasteiger partial charge in [0.25, 0.3) is 0 Å². The molecule has 1 unspecified atom stereocenters. The van der Waals surface area contributed by atoms with E-state index in [1.54, 1.807) is 13.2 Å². The van der Waals surface area contributed by atoms with Crippen molar-refractivity contribution in [1.82, 2.24) is 0 Å². The van der Waals surface area contributed by atoms with Gasteiger partial charge >= 0.3 is 0 Å². The normalized spacial score (nSPS) is 12.2. The third kappa shape index (κ3) is 3.17. The number of halogens is 1. The minimum absolute atomic E-state index is 0.274. The third-order valence-electron chi connectivity index (χ3n) is 3.53. The zero-order valence-electron chi connectivity index (χ0n) is 12.0. The van der Waals surface area contributed by atoms with E-state index in [2.05, 4.69) is 0 Å². The highest BCUT2D eigenvalue weighted by Crippen LogP contribution is 2.25. The molecule has 0 bridgehead atoms. The first-order valence-electron chi connectivity index (χ1n) is 6.59. The van der Waals surface area contributed by atoms with Gasteiger partial charge in [-0.2, -0.15) is 0 Å². The number of benzene rings is 2. The van der Waals surface area contributed by atoms with Crippen molar-refractivity contribution < 1.29 is 14.2 Å². The van der Waals surface area contributed by atoms with Crippen LogP contribution >= 0.6 is 0 Å². The molecule has 0 heterocycles. The SMILES string of the molecule is COc1ccc(C(O)Cc2cc(F)ccc2C)cc1C. The first kappa shape index (κ1) is 14.5. The van der Waals surface area contributed by atoms with E-state index in [-0.39, 0.29) is 5.82 Å². The summed E-state index contributed by atoms with van der Waals surface area (Å²) in [5.41, 5.74) is 3.59. The predicted octanol–water partition coefficient (Wildman–Crippen LogP) is 3.73. The van der Waals surface area contributed by atoms with Gasteiger partial charge in [-0.05, 0) is 60.4 Å². The zero-order valence-corrected chi connectivity index (χ0v) is 12.0. The Bertz CT molecular complexity index is 608. The highest BCUT2D eigenvalue weighted by Gasteiger charge is 2.12. The van der Waals surface area contributed by atoms with Crippen LogP contribution in [0.15, 0.2) is 36.4 Å². The summed E-state index contributed by atoms with van der Waals surface area (Å²) in [4.78, 5) is 0. The molecule has 0 radical (unpaired) electrons. The number of aryl methyl sites for hydroxylation is 2. The van der Waals surface area contributed by atoms with Crippen molar-refractivity contribution in [1.29, 1.82) is 0 Å². The zero-order chi connectivity index (χ0) is 14.7. The Labute approximate surface area is 118 Å². The molecule has 0 aromatic heterocycles. The molecule has 0 saturated carbocycles. The third-order valence-corrected chi connectivity index (χ3v) is 3.53. The molecule has 0 aliphatic carbocycles. The largest absolute Gasteiger partial charge is 0.496 e. The van der Waals surface area contributed by atoms with Crippen LogP contribution in [0.3, 0.4) is 0 Å². The number of methoxy groups -OCH3 is 1. The van der Waals surface area contributed by atoms with E-state index in [0.29, 0.717) is 6.42 Å². The predicted molar refractivity (Wildman–Crippen MR) is 77.5 cm³/mol. The average molecular weight is 274 g/mol. The van der Waals surface area contributed by atoms with Crippen molar-refractivity contribution >= 4 is 0 Å². The molecule has 0 saturated heterocycles. The molecule has 2 aromatic rings. The highest BCUT2D eigenvalue weighted by atomic mass is 19.1. The van der Waals surface area contributed by atoms with E-state index in [1.165, 1.54) is 12.1 Å². The maximum absolute atomic E-state index is 13.3. The average Bonchev–Trinajstić information content (AvgIpc) is 2.42. The molecule has 0 spiro atoms. The molecule has 106 valence electrons. The number of ether oxygens (including phenoxy) is 1. The van der Waals surface area contributed by atoms with Crippen LogP contribution in [0.4, 0.5) is 4.39 Å². The summed E-state index contributed by atoms with van der Waals surface area (Å²) < 4.78 is 18.5. The lowest BCUT2D eigenvalue weighted by molar-refractivity contribution is 0.178. The molecule has 0 aliphatic rings. The van der Waals surface area contributed by atoms with Crippen LogP contribution < -0.4 is 4.74 Å². The van der Waals surface area contributed by atoms with Crippen LogP contribution in [0.2, 0.25) is 0 Å². The molecular formula is C17H19FO2. The Morgan fingerprint density at radius 3 is 2.50 bits per heavy atom. The van der Waals surface area contributed by atoms with Crippen molar-refractivity contribution in [3.63, 3.8) is 0 Å². The Kier molecular flexibility index (Phi) is 4.40. The summed E-state index contributed by atoms with van der Waals surface area (Å²) in [6.07, 6.45) is -0.255. The van der Waals surface area contributed by atoms with E-state index in [4.69, 9.17) is 4.74 Å². The van der Waals surface area contributed by atoms with Crippen LogP contribution in [0.1, 0.15) is 28.4 Å². The molecule has 0 fully saturated rings. The topological polar surface area (TPSA) is 29.5 Å². The Hall–Kier alpha value is -1.87. The maximum atomic E-state index is 13.3. The standard InChI is InChI=1S/C17H19FO2/c1-11-4-6-15(18)9-14(11)10-16(19)13-5-7-17(20-3)12(2)8-13/h4-9,16,19H,10H2,1-3H3. The van der Waals surface area contributed by atoms with E-state index in [1.807, 2.05) is 32.0 Å². The van der Waals surface area contributed by atoms with Crippen molar-refractivity contribution in [2.45, 2.75) is 26.4 Å². The van der Waals surface area contributed by atoms with Crippen molar-refractivity contribution in [2.75, 3.05) is 7.11 Å². The van der Waals surface area contributed by atoms with Crippen molar-refractivity contribution in [3.8, 4) is 5.75 Å². The van der Waals surface area contributed by atoms with E-state index < -0.39 is 6.10 Å². The number of aliphatic hydroxyl groups excluding tert-OH is 1. The van der Waals surface area contributed by atoms with E-state index >= 15 is 0 Å². The number of hydrogen-bond acceptors (Lipinski definition) is 2. The highest BCUT2D eigenvalue weighted by molar-refractivity contribution is 5.38. The van der Waals surface area contributed by atoms with Gasteiger partial charge in [0.1, 0.15) is 11.6 Å². The van der Waals surface area contributed by atoms with Crippen LogP contribution in [0, 0.1) is 19.7 Å². The van der Waals surface area contributed by atoms with Crippen LogP contribution in [0.25, 0.3) is 0 Å². The van der Waals surface area contributed by atoms with Crippen LogP contribution in [0.5, 0.6) is 5.75 Å². The molecule has 2 nitrogen and oxygen atoms in total. The molecule has 0 amide bonds. The fraction of sp³-hybridized carbons (Fsp3) is 0.294. The van der Waals surface area contributed by atoms with Gasteiger partial charge in [0.2, 0.25) is 0 Å². The Morgan fingerprint density at radius 1 is 1.10 bits per heavy atom. The van der Waals surface area contributed by atoms with Gasteiger partial charge in [0.05, 0.1) is 13.2 Å². The summed E-state index contributed by atoms with van der Waals surface area (Å²) in [5.74, 6) is 0.520. The number of rotatable bonds is 4. The second-order valence-electron chi connectivity index (χ2n) is 5.02. The van der Waals surface area contributed by atoms with Crippen LogP contribution in [-0.2, 0) is 6.42 Å². The second-order valence-corrected chi connectivity index (χ2v) is 5.02. The maximum Gasteiger partial charge on any atom is 0.123 e. The minimum Gasteiger partial charge on any atom is -0.496 e. The number of hydrogen-bond donors (Lipinski definition) is 1. The molecule has 3 heteroatoms.